The molecule has 0 saturated carbocycles. The van der Waals surface area contributed by atoms with Crippen molar-refractivity contribution in [1.29, 1.82) is 0 Å². The van der Waals surface area contributed by atoms with Crippen LogP contribution in [-0.2, 0) is 11.3 Å². The third-order valence-corrected chi connectivity index (χ3v) is 3.97. The van der Waals surface area contributed by atoms with Gasteiger partial charge in [0, 0.05) is 18.2 Å². The van der Waals surface area contributed by atoms with E-state index < -0.39 is 11.7 Å². The summed E-state index contributed by atoms with van der Waals surface area (Å²) in [4.78, 5) is 28.9. The van der Waals surface area contributed by atoms with Crippen LogP contribution in [0.3, 0.4) is 0 Å². The van der Waals surface area contributed by atoms with Crippen LogP contribution in [0.2, 0.25) is 0 Å². The molecule has 0 atom stereocenters. The number of carbonyl (C=O) groups is 1. The molecule has 1 heterocycles. The molecule has 2 aromatic carbocycles. The van der Waals surface area contributed by atoms with Gasteiger partial charge in [-0.2, -0.15) is 4.98 Å². The van der Waals surface area contributed by atoms with Crippen molar-refractivity contribution < 1.29 is 14.3 Å². The average Bonchev–Trinajstić information content (AvgIpc) is 2.68. The Bertz CT molecular complexity index is 999. The van der Waals surface area contributed by atoms with Crippen LogP contribution in [0.5, 0.6) is 5.75 Å². The van der Waals surface area contributed by atoms with Gasteiger partial charge in [0.15, 0.2) is 0 Å². The standard InChI is InChI=1S/C19H20N4O4/c1-26-12-11-23-17(15-5-3-4-6-16(15)21-19(23)25)22-18(24)20-13-7-9-14(27-2)10-8-13/h3-10H,11-12H2,1-2H3,(H2,20,22,24). The number of ether oxygens (including phenoxy) is 2. The number of aromatic nitrogens is 2. The molecular weight excluding hydrogens is 348 g/mol. The minimum atomic E-state index is -0.470. The normalized spacial score (nSPS) is 10.6. The van der Waals surface area contributed by atoms with Crippen molar-refractivity contribution in [2.24, 2.45) is 0 Å². The largest absolute Gasteiger partial charge is 0.497 e. The Morgan fingerprint density at radius 1 is 1.07 bits per heavy atom. The molecule has 8 nitrogen and oxygen atoms in total. The average molecular weight is 368 g/mol. The van der Waals surface area contributed by atoms with Crippen molar-refractivity contribution in [3.8, 4) is 5.75 Å². The van der Waals surface area contributed by atoms with E-state index in [1.165, 1.54) is 4.57 Å². The van der Waals surface area contributed by atoms with Gasteiger partial charge in [-0.05, 0) is 36.4 Å². The summed E-state index contributed by atoms with van der Waals surface area (Å²) >= 11 is 0. The lowest BCUT2D eigenvalue weighted by Gasteiger charge is -2.16. The fourth-order valence-electron chi connectivity index (χ4n) is 2.64. The summed E-state index contributed by atoms with van der Waals surface area (Å²) in [7, 11) is 3.12. The molecular formula is C19H20N4O4. The number of fused-ring (bicyclic) bond motifs is 1. The molecule has 3 rings (SSSR count). The highest BCUT2D eigenvalue weighted by Crippen LogP contribution is 2.21. The summed E-state index contributed by atoms with van der Waals surface area (Å²) in [5, 5.41) is 6.17. The van der Waals surface area contributed by atoms with Crippen LogP contribution >= 0.6 is 0 Å². The molecule has 0 aliphatic rings. The summed E-state index contributed by atoms with van der Waals surface area (Å²) < 4.78 is 11.6. The van der Waals surface area contributed by atoms with Gasteiger partial charge in [-0.3, -0.25) is 9.88 Å². The zero-order valence-corrected chi connectivity index (χ0v) is 15.1. The predicted molar refractivity (Wildman–Crippen MR) is 104 cm³/mol. The minimum absolute atomic E-state index is 0.269. The fourth-order valence-corrected chi connectivity index (χ4v) is 2.64. The molecule has 0 spiro atoms. The molecule has 0 aliphatic heterocycles. The molecule has 0 radical (unpaired) electrons. The summed E-state index contributed by atoms with van der Waals surface area (Å²) in [6, 6.07) is 13.6. The number of amides is 2. The Morgan fingerprint density at radius 3 is 2.52 bits per heavy atom. The molecule has 2 amide bonds. The van der Waals surface area contributed by atoms with E-state index >= 15 is 0 Å². The number of benzene rings is 2. The lowest BCUT2D eigenvalue weighted by Crippen LogP contribution is -2.30. The number of nitrogens with one attached hydrogen (secondary N) is 2. The van der Waals surface area contributed by atoms with Gasteiger partial charge in [0.05, 0.1) is 25.8 Å². The second kappa shape index (κ2) is 8.33. The Hall–Kier alpha value is -3.39. The Labute approximate surface area is 155 Å². The number of hydrogen-bond donors (Lipinski definition) is 2. The van der Waals surface area contributed by atoms with E-state index in [-0.39, 0.29) is 6.54 Å². The first kappa shape index (κ1) is 18.4. The van der Waals surface area contributed by atoms with Crippen molar-refractivity contribution >= 4 is 28.4 Å². The lowest BCUT2D eigenvalue weighted by atomic mass is 10.2. The fraction of sp³-hybridized carbons (Fsp3) is 0.211. The van der Waals surface area contributed by atoms with Gasteiger partial charge in [0.25, 0.3) is 0 Å². The highest BCUT2D eigenvalue weighted by Gasteiger charge is 2.14. The first-order chi connectivity index (χ1) is 13.1. The second-order valence-corrected chi connectivity index (χ2v) is 5.71. The van der Waals surface area contributed by atoms with Gasteiger partial charge in [-0.25, -0.2) is 9.59 Å². The number of para-hydroxylation sites is 1. The number of hydrogen-bond acceptors (Lipinski definition) is 5. The number of rotatable bonds is 6. The van der Waals surface area contributed by atoms with Gasteiger partial charge >= 0.3 is 11.7 Å². The first-order valence-corrected chi connectivity index (χ1v) is 8.33. The summed E-state index contributed by atoms with van der Waals surface area (Å²) in [5.74, 6) is 1.06. The SMILES string of the molecule is COCCn1c(NC(=O)Nc2ccc(OC)cc2)c2ccccc2nc1=O. The van der Waals surface area contributed by atoms with Gasteiger partial charge in [-0.15, -0.1) is 0 Å². The number of nitrogens with zero attached hydrogens (tertiary/aromatic N) is 2. The van der Waals surface area contributed by atoms with Gasteiger partial charge in [0.1, 0.15) is 11.6 Å². The third-order valence-electron chi connectivity index (χ3n) is 3.97. The Kier molecular flexibility index (Phi) is 5.68. The van der Waals surface area contributed by atoms with Gasteiger partial charge in [-0.1, -0.05) is 12.1 Å². The van der Waals surface area contributed by atoms with E-state index in [2.05, 4.69) is 15.6 Å². The topological polar surface area (TPSA) is 94.5 Å². The second-order valence-electron chi connectivity index (χ2n) is 5.71. The van der Waals surface area contributed by atoms with E-state index in [9.17, 15) is 9.59 Å². The Balaban J connectivity index is 1.91. The smallest absolute Gasteiger partial charge is 0.349 e. The van der Waals surface area contributed by atoms with Crippen molar-refractivity contribution in [2.75, 3.05) is 31.5 Å². The number of urea groups is 1. The predicted octanol–water partition coefficient (Wildman–Crippen LogP) is 2.70. The number of anilines is 2. The van der Waals surface area contributed by atoms with Crippen LogP contribution in [0.15, 0.2) is 53.3 Å². The maximum atomic E-state index is 12.5. The quantitative estimate of drug-likeness (QED) is 0.698. The summed E-state index contributed by atoms with van der Waals surface area (Å²) in [6.07, 6.45) is 0. The molecule has 27 heavy (non-hydrogen) atoms. The molecule has 1 aromatic heterocycles. The minimum Gasteiger partial charge on any atom is -0.497 e. The molecule has 140 valence electrons. The zero-order valence-electron chi connectivity index (χ0n) is 15.1. The van der Waals surface area contributed by atoms with E-state index in [4.69, 9.17) is 9.47 Å². The van der Waals surface area contributed by atoms with Crippen molar-refractivity contribution in [2.45, 2.75) is 6.54 Å². The summed E-state index contributed by atoms with van der Waals surface area (Å²) in [5.41, 5.74) is 0.652. The summed E-state index contributed by atoms with van der Waals surface area (Å²) in [6.45, 7) is 0.583. The maximum absolute atomic E-state index is 12.5. The lowest BCUT2D eigenvalue weighted by molar-refractivity contribution is 0.186. The molecule has 0 bridgehead atoms. The van der Waals surface area contributed by atoms with E-state index in [1.807, 2.05) is 6.07 Å². The third kappa shape index (κ3) is 4.24. The van der Waals surface area contributed by atoms with Crippen molar-refractivity contribution in [3.63, 3.8) is 0 Å². The maximum Gasteiger partial charge on any atom is 0.349 e. The van der Waals surface area contributed by atoms with Gasteiger partial charge in [0.2, 0.25) is 0 Å². The molecule has 0 aliphatic carbocycles. The number of methoxy groups -OCH3 is 2. The van der Waals surface area contributed by atoms with Gasteiger partial charge < -0.3 is 14.8 Å². The molecule has 2 N–H and O–H groups in total. The molecule has 8 heteroatoms. The van der Waals surface area contributed by atoms with E-state index in [0.29, 0.717) is 34.8 Å². The molecule has 3 aromatic rings. The van der Waals surface area contributed by atoms with Crippen LogP contribution in [0.1, 0.15) is 0 Å². The van der Waals surface area contributed by atoms with Crippen LogP contribution in [0, 0.1) is 0 Å². The molecule has 0 unspecified atom stereocenters. The first-order valence-electron chi connectivity index (χ1n) is 8.33. The Morgan fingerprint density at radius 2 is 1.81 bits per heavy atom. The van der Waals surface area contributed by atoms with E-state index in [0.717, 1.165) is 0 Å². The molecule has 0 fully saturated rings. The highest BCUT2D eigenvalue weighted by molar-refractivity contribution is 6.04. The monoisotopic (exact) mass is 368 g/mol. The van der Waals surface area contributed by atoms with E-state index in [1.54, 1.807) is 56.7 Å². The van der Waals surface area contributed by atoms with Crippen molar-refractivity contribution in [3.05, 3.63) is 59.0 Å². The van der Waals surface area contributed by atoms with Crippen molar-refractivity contribution in [1.82, 2.24) is 9.55 Å². The zero-order chi connectivity index (χ0) is 19.2. The van der Waals surface area contributed by atoms with Crippen LogP contribution in [0.4, 0.5) is 16.3 Å². The van der Waals surface area contributed by atoms with Crippen LogP contribution in [0.25, 0.3) is 10.9 Å². The van der Waals surface area contributed by atoms with Crippen LogP contribution < -0.4 is 21.1 Å². The van der Waals surface area contributed by atoms with Crippen LogP contribution in [-0.4, -0.2) is 36.4 Å². The molecule has 0 saturated heterocycles. The number of carbonyl (C=O) groups excluding carboxylic acids is 1. The highest BCUT2D eigenvalue weighted by atomic mass is 16.5.